The lowest BCUT2D eigenvalue weighted by atomic mass is 9.85. The summed E-state index contributed by atoms with van der Waals surface area (Å²) in [6.07, 6.45) is 8.93. The van der Waals surface area contributed by atoms with Gasteiger partial charge in [-0.3, -0.25) is 19.7 Å². The number of nitro benzene ring substituents is 1. The van der Waals surface area contributed by atoms with Gasteiger partial charge >= 0.3 is 0 Å². The number of benzene rings is 4. The largest absolute Gasteiger partial charge is 0.454 e. The van der Waals surface area contributed by atoms with Crippen LogP contribution in [0.15, 0.2) is 143 Å². The van der Waals surface area contributed by atoms with E-state index in [0.29, 0.717) is 33.1 Å². The van der Waals surface area contributed by atoms with E-state index in [4.69, 9.17) is 14.2 Å². The number of dihydropyridines is 1. The Morgan fingerprint density at radius 3 is 1.55 bits per heavy atom. The van der Waals surface area contributed by atoms with Gasteiger partial charge in [0.2, 0.25) is 6.79 Å². The zero-order valence-electron chi connectivity index (χ0n) is 52.9. The minimum Gasteiger partial charge on any atom is -0.454 e. The number of carbonyl (C=O) groups is 1. The van der Waals surface area contributed by atoms with Crippen LogP contribution < -0.4 is 20.3 Å². The number of hydrogen-bond acceptors (Lipinski definition) is 10. The highest BCUT2D eigenvalue weighted by Crippen LogP contribution is 2.36. The topological polar surface area (TPSA) is 159 Å². The number of hydrogen-bond donors (Lipinski definition) is 1. The number of sulfone groups is 1. The molecule has 3 aliphatic rings. The van der Waals surface area contributed by atoms with Crippen molar-refractivity contribution in [2.45, 2.75) is 157 Å². The van der Waals surface area contributed by atoms with Crippen molar-refractivity contribution in [1.29, 1.82) is 0 Å². The highest BCUT2D eigenvalue weighted by Gasteiger charge is 2.25. The summed E-state index contributed by atoms with van der Waals surface area (Å²) >= 11 is 0. The van der Waals surface area contributed by atoms with Gasteiger partial charge in [0.1, 0.15) is 16.5 Å². The lowest BCUT2D eigenvalue weighted by molar-refractivity contribution is -0.384. The van der Waals surface area contributed by atoms with Gasteiger partial charge in [-0.25, -0.2) is 17.2 Å². The first-order chi connectivity index (χ1) is 37.9. The SMILES string of the molecule is C=C1C=C(C(C)(C)C)C=CN1.CC(C)(C)c1ccc(C(=O)N2CCOCC2)c(F)c1.CC(C)(C)c1ccc(F)c(S(C)(=O)=O)c1.CC(C)(C)c1ccc([N+](=O)[O-])cc1.CC(C)(C)c1ccc2c(c1)OCO2.Cn1ccc(C(C)(C)C)cc1=O. The highest BCUT2D eigenvalue weighted by atomic mass is 32.2. The predicted molar refractivity (Wildman–Crippen MR) is 332 cm³/mol. The summed E-state index contributed by atoms with van der Waals surface area (Å²) in [4.78, 5) is 34.9. The van der Waals surface area contributed by atoms with E-state index in [1.807, 2.05) is 72.1 Å². The molecule has 5 aromatic rings. The molecule has 0 radical (unpaired) electrons. The first-order valence-electron chi connectivity index (χ1n) is 27.7. The maximum Gasteiger partial charge on any atom is 0.269 e. The number of fused-ring (bicyclic) bond motifs is 1. The maximum absolute atomic E-state index is 14.1. The maximum atomic E-state index is 14.1. The van der Waals surface area contributed by atoms with Crippen molar-refractivity contribution in [3.63, 3.8) is 0 Å². The summed E-state index contributed by atoms with van der Waals surface area (Å²) in [5.41, 5.74) is 8.01. The van der Waals surface area contributed by atoms with Gasteiger partial charge in [0, 0.05) is 62.7 Å². The molecule has 0 aliphatic carbocycles. The summed E-state index contributed by atoms with van der Waals surface area (Å²) in [5, 5.41) is 13.4. The number of nitro groups is 1. The Labute approximate surface area is 493 Å². The van der Waals surface area contributed by atoms with Crippen molar-refractivity contribution in [2.75, 3.05) is 39.4 Å². The minimum atomic E-state index is -3.49. The number of halogens is 2. The standard InChI is InChI=1S/C15H20FNO2.C11H15FO2S.C11H14O2.C10H13NO2.C10H15NO.C10H15N/c1-15(2,3)11-4-5-12(13(16)10-11)14(18)17-6-8-19-9-7-17;1-11(2,3)8-5-6-9(12)10(7-8)15(4,13)14;1-11(2,3)8-4-5-9-10(6-8)13-7-12-9;1-10(2,3)8-4-6-9(7-5-8)11(12)13;1-10(2,3)8-5-6-11(4)9(12)7-8;1-8-7-9(5-6-11-8)10(2,3)4/h4-5,10H,6-9H2,1-3H3;5-7H,1-4H3;4-6H,7H2,1-3H3;4-7H,1-3H3;5-7H,1-4H3;5-7,11H,1H2,2-4H3. The van der Waals surface area contributed by atoms with Gasteiger partial charge in [0.25, 0.3) is 17.2 Å². The lowest BCUT2D eigenvalue weighted by Crippen LogP contribution is -2.41. The molecule has 4 aromatic carbocycles. The van der Waals surface area contributed by atoms with Crippen LogP contribution in [-0.4, -0.2) is 68.1 Å². The van der Waals surface area contributed by atoms with E-state index in [1.165, 1.54) is 29.3 Å². The van der Waals surface area contributed by atoms with Crippen molar-refractivity contribution in [3.8, 4) is 11.5 Å². The normalized spacial score (nSPS) is 14.2. The molecule has 0 unspecified atom stereocenters. The Morgan fingerprint density at radius 1 is 0.627 bits per heavy atom. The third-order valence-corrected chi connectivity index (χ3v) is 14.6. The van der Waals surface area contributed by atoms with Crippen LogP contribution in [0.2, 0.25) is 0 Å². The summed E-state index contributed by atoms with van der Waals surface area (Å²) < 4.78 is 67.3. The molecule has 83 heavy (non-hydrogen) atoms. The number of pyridine rings is 1. The fourth-order valence-electron chi connectivity index (χ4n) is 7.79. The molecule has 0 bridgehead atoms. The van der Waals surface area contributed by atoms with Crippen LogP contribution >= 0.6 is 0 Å². The zero-order valence-corrected chi connectivity index (χ0v) is 53.7. The number of carbonyl (C=O) groups excluding carboxylic acids is 1. The van der Waals surface area contributed by atoms with Crippen LogP contribution in [0.25, 0.3) is 0 Å². The van der Waals surface area contributed by atoms with Crippen LogP contribution in [0.3, 0.4) is 0 Å². The Bertz CT molecular complexity index is 3260. The summed E-state index contributed by atoms with van der Waals surface area (Å²) in [5.74, 6) is 0.344. The fourth-order valence-corrected chi connectivity index (χ4v) is 8.55. The lowest BCUT2D eigenvalue weighted by Gasteiger charge is -2.27. The van der Waals surface area contributed by atoms with Crippen molar-refractivity contribution >= 4 is 21.4 Å². The van der Waals surface area contributed by atoms with Gasteiger partial charge in [-0.15, -0.1) is 0 Å². The Balaban J connectivity index is 0.000000264. The quantitative estimate of drug-likeness (QED) is 0.136. The molecule has 1 saturated heterocycles. The third kappa shape index (κ3) is 22.6. The fraction of sp³-hybridized carbons (Fsp3) is 0.463. The number of ether oxygens (including phenoxy) is 3. The first-order valence-corrected chi connectivity index (χ1v) is 29.6. The molecule has 1 aromatic heterocycles. The van der Waals surface area contributed by atoms with Crippen molar-refractivity contribution in [1.82, 2.24) is 14.8 Å². The van der Waals surface area contributed by atoms with E-state index >= 15 is 0 Å². The predicted octanol–water partition coefficient (Wildman–Crippen LogP) is 15.0. The van der Waals surface area contributed by atoms with E-state index in [1.54, 1.807) is 59.0 Å². The Hall–Kier alpha value is -6.91. The number of aromatic nitrogens is 1. The number of non-ortho nitro benzene ring substituents is 1. The van der Waals surface area contributed by atoms with E-state index in [9.17, 15) is 36.9 Å². The van der Waals surface area contributed by atoms with E-state index in [0.717, 1.165) is 45.7 Å². The number of morpholine rings is 1. The average molecular weight is 1170 g/mol. The van der Waals surface area contributed by atoms with Crippen molar-refractivity contribution < 1.29 is 41.1 Å². The molecule has 8 rings (SSSR count). The molecule has 4 heterocycles. The van der Waals surface area contributed by atoms with Crippen LogP contribution in [0, 0.1) is 27.2 Å². The van der Waals surface area contributed by atoms with E-state index in [-0.39, 0.29) is 65.0 Å². The Morgan fingerprint density at radius 2 is 1.10 bits per heavy atom. The molecule has 0 atom stereocenters. The average Bonchev–Trinajstić information content (AvgIpc) is 3.85. The molecular weight excluding hydrogens is 1070 g/mol. The van der Waals surface area contributed by atoms with Crippen LogP contribution in [0.5, 0.6) is 11.5 Å². The van der Waals surface area contributed by atoms with E-state index < -0.39 is 21.5 Å². The van der Waals surface area contributed by atoms with Crippen molar-refractivity contribution in [3.05, 3.63) is 199 Å². The number of nitrogens with one attached hydrogen (secondary N) is 1. The number of amides is 1. The first kappa shape index (κ1) is 70.4. The van der Waals surface area contributed by atoms with E-state index in [2.05, 4.69) is 119 Å². The summed E-state index contributed by atoms with van der Waals surface area (Å²) in [6, 6.07) is 25.6. The van der Waals surface area contributed by atoms with Crippen LogP contribution in [0.4, 0.5) is 14.5 Å². The second-order valence-corrected chi connectivity index (χ2v) is 28.8. The summed E-state index contributed by atoms with van der Waals surface area (Å²) in [6.45, 7) is 43.9. The monoisotopic (exact) mass is 1170 g/mol. The summed E-state index contributed by atoms with van der Waals surface area (Å²) in [7, 11) is -1.73. The Kier molecular flexibility index (Phi) is 24.2. The van der Waals surface area contributed by atoms with Gasteiger partial charge < -0.3 is 29.0 Å². The molecule has 16 heteroatoms. The number of nitrogens with zero attached hydrogens (tertiary/aromatic N) is 3. The van der Waals surface area contributed by atoms with Crippen LogP contribution in [0.1, 0.15) is 163 Å². The van der Waals surface area contributed by atoms with Gasteiger partial charge in [0.15, 0.2) is 21.3 Å². The van der Waals surface area contributed by atoms with Gasteiger partial charge in [-0.2, -0.15) is 0 Å². The second-order valence-electron chi connectivity index (χ2n) is 26.9. The minimum absolute atomic E-state index is 0.0507. The molecule has 13 nitrogen and oxygen atoms in total. The molecule has 0 saturated carbocycles. The van der Waals surface area contributed by atoms with Gasteiger partial charge in [-0.1, -0.05) is 162 Å². The van der Waals surface area contributed by atoms with Crippen molar-refractivity contribution in [2.24, 2.45) is 12.5 Å². The molecule has 454 valence electrons. The molecule has 1 amide bonds. The van der Waals surface area contributed by atoms with Gasteiger partial charge in [-0.05, 0) is 120 Å². The number of rotatable bonds is 3. The molecule has 1 fully saturated rings. The molecule has 1 N–H and O–H groups in total. The number of allylic oxidation sites excluding steroid dienone is 3. The third-order valence-electron chi connectivity index (χ3n) is 13.4. The van der Waals surface area contributed by atoms with Crippen LogP contribution in [-0.2, 0) is 48.7 Å². The molecule has 3 aliphatic heterocycles. The smallest absolute Gasteiger partial charge is 0.269 e. The molecule has 0 spiro atoms. The number of aryl methyl sites for hydroxylation is 1. The molecular formula is C67H92F2N4O9S. The zero-order chi connectivity index (χ0) is 63.3. The second kappa shape index (κ2) is 28.6. The highest BCUT2D eigenvalue weighted by molar-refractivity contribution is 7.90. The van der Waals surface area contributed by atoms with Gasteiger partial charge in [0.05, 0.1) is 23.7 Å².